The van der Waals surface area contributed by atoms with Crippen LogP contribution in [0.1, 0.15) is 22.8 Å². The zero-order valence-corrected chi connectivity index (χ0v) is 19.4. The standard InChI is InChI=1S/C24H27N3O5S/c1-2-17-4-3-5-19-20(15-25-24(17)19)21(28)16-26-8-10-27(11-9-26)33(29,30)18-6-7-22-23(14-18)32-13-12-31-22/h3-7,14-15,25H,2,8-13,16H2,1H3. The van der Waals surface area contributed by atoms with Gasteiger partial charge in [0.25, 0.3) is 0 Å². The van der Waals surface area contributed by atoms with E-state index in [0.29, 0.717) is 56.5 Å². The minimum atomic E-state index is -3.65. The number of benzene rings is 2. The fourth-order valence-corrected chi connectivity index (χ4v) is 5.93. The van der Waals surface area contributed by atoms with Crippen molar-refractivity contribution in [3.8, 4) is 11.5 Å². The van der Waals surface area contributed by atoms with Gasteiger partial charge < -0.3 is 14.5 Å². The summed E-state index contributed by atoms with van der Waals surface area (Å²) in [5.41, 5.74) is 2.88. The van der Waals surface area contributed by atoms with Gasteiger partial charge in [0.2, 0.25) is 10.0 Å². The number of H-pyrrole nitrogens is 1. The average molecular weight is 470 g/mol. The fraction of sp³-hybridized carbons (Fsp3) is 0.375. The number of aryl methyl sites for hydroxylation is 1. The van der Waals surface area contributed by atoms with E-state index >= 15 is 0 Å². The number of hydrogen-bond acceptors (Lipinski definition) is 6. The second kappa shape index (κ2) is 8.81. The third kappa shape index (κ3) is 4.12. The number of nitrogens with one attached hydrogen (secondary N) is 1. The Morgan fingerprint density at radius 1 is 1.03 bits per heavy atom. The van der Waals surface area contributed by atoms with Crippen molar-refractivity contribution in [3.05, 3.63) is 53.7 Å². The molecule has 0 atom stereocenters. The van der Waals surface area contributed by atoms with E-state index in [1.165, 1.54) is 15.9 Å². The minimum absolute atomic E-state index is 0.0395. The molecule has 1 aromatic heterocycles. The lowest BCUT2D eigenvalue weighted by Gasteiger charge is -2.33. The molecule has 174 valence electrons. The summed E-state index contributed by atoms with van der Waals surface area (Å²) >= 11 is 0. The zero-order chi connectivity index (χ0) is 23.0. The summed E-state index contributed by atoms with van der Waals surface area (Å²) < 4.78 is 38.8. The van der Waals surface area contributed by atoms with Gasteiger partial charge in [-0.2, -0.15) is 4.31 Å². The fourth-order valence-electron chi connectivity index (χ4n) is 4.49. The summed E-state index contributed by atoms with van der Waals surface area (Å²) in [6.45, 7) is 4.88. The van der Waals surface area contributed by atoms with Crippen LogP contribution in [0.3, 0.4) is 0 Å². The average Bonchev–Trinajstić information content (AvgIpc) is 3.28. The van der Waals surface area contributed by atoms with Crippen molar-refractivity contribution < 1.29 is 22.7 Å². The Morgan fingerprint density at radius 2 is 1.79 bits per heavy atom. The molecule has 3 aromatic rings. The summed E-state index contributed by atoms with van der Waals surface area (Å²) in [6.07, 6.45) is 2.68. The molecular formula is C24H27N3O5S. The van der Waals surface area contributed by atoms with Crippen LogP contribution in [0.25, 0.3) is 10.9 Å². The molecule has 2 aliphatic rings. The predicted molar refractivity (Wildman–Crippen MR) is 125 cm³/mol. The molecular weight excluding hydrogens is 442 g/mol. The van der Waals surface area contributed by atoms with Gasteiger partial charge in [-0.25, -0.2) is 8.42 Å². The van der Waals surface area contributed by atoms with Crippen LogP contribution in [0, 0.1) is 0 Å². The lowest BCUT2D eigenvalue weighted by Crippen LogP contribution is -2.49. The van der Waals surface area contributed by atoms with Crippen LogP contribution in [0.4, 0.5) is 0 Å². The lowest BCUT2D eigenvalue weighted by atomic mass is 10.0. The highest BCUT2D eigenvalue weighted by atomic mass is 32.2. The van der Waals surface area contributed by atoms with Crippen molar-refractivity contribution in [3.63, 3.8) is 0 Å². The maximum atomic E-state index is 13.1. The Balaban J connectivity index is 1.24. The second-order valence-electron chi connectivity index (χ2n) is 8.30. The first-order valence-corrected chi connectivity index (χ1v) is 12.7. The number of aromatic amines is 1. The molecule has 0 amide bonds. The maximum absolute atomic E-state index is 13.1. The summed E-state index contributed by atoms with van der Waals surface area (Å²) in [6, 6.07) is 10.7. The number of piperazine rings is 1. The van der Waals surface area contributed by atoms with Gasteiger partial charge in [-0.3, -0.25) is 9.69 Å². The van der Waals surface area contributed by atoms with Crippen LogP contribution in [0.15, 0.2) is 47.5 Å². The van der Waals surface area contributed by atoms with Crippen LogP contribution in [-0.2, 0) is 16.4 Å². The van der Waals surface area contributed by atoms with Crippen LogP contribution in [0.2, 0.25) is 0 Å². The summed E-state index contributed by atoms with van der Waals surface area (Å²) in [4.78, 5) is 18.5. The van der Waals surface area contributed by atoms with Crippen LogP contribution < -0.4 is 9.47 Å². The van der Waals surface area contributed by atoms with Gasteiger partial charge in [-0.15, -0.1) is 0 Å². The highest BCUT2D eigenvalue weighted by molar-refractivity contribution is 7.89. The van der Waals surface area contributed by atoms with Crippen LogP contribution in [-0.4, -0.2) is 74.3 Å². The summed E-state index contributed by atoms with van der Waals surface area (Å²) in [7, 11) is -3.65. The quantitative estimate of drug-likeness (QED) is 0.558. The molecule has 8 nitrogen and oxygen atoms in total. The Kier molecular flexibility index (Phi) is 5.86. The van der Waals surface area contributed by atoms with Crippen molar-refractivity contribution in [1.82, 2.24) is 14.2 Å². The summed E-state index contributed by atoms with van der Waals surface area (Å²) in [5.74, 6) is 1.06. The summed E-state index contributed by atoms with van der Waals surface area (Å²) in [5, 5.41) is 0.944. The zero-order valence-electron chi connectivity index (χ0n) is 18.5. The van der Waals surface area contributed by atoms with Crippen molar-refractivity contribution in [2.45, 2.75) is 18.2 Å². The van der Waals surface area contributed by atoms with Gasteiger partial charge >= 0.3 is 0 Å². The number of fused-ring (bicyclic) bond motifs is 2. The van der Waals surface area contributed by atoms with E-state index in [4.69, 9.17) is 9.47 Å². The molecule has 0 aliphatic carbocycles. The first kappa shape index (κ1) is 21.9. The first-order valence-electron chi connectivity index (χ1n) is 11.2. The normalized spacial score (nSPS) is 17.4. The monoisotopic (exact) mass is 469 g/mol. The van der Waals surface area contributed by atoms with E-state index in [1.807, 2.05) is 17.0 Å². The van der Waals surface area contributed by atoms with Crippen molar-refractivity contribution in [2.24, 2.45) is 0 Å². The van der Waals surface area contributed by atoms with Crippen molar-refractivity contribution >= 4 is 26.7 Å². The van der Waals surface area contributed by atoms with Gasteiger partial charge in [0, 0.05) is 54.9 Å². The topological polar surface area (TPSA) is 91.9 Å². The van der Waals surface area contributed by atoms with Gasteiger partial charge in [-0.1, -0.05) is 25.1 Å². The number of sulfonamides is 1. The third-order valence-electron chi connectivity index (χ3n) is 6.33. The third-order valence-corrected chi connectivity index (χ3v) is 8.23. The number of para-hydroxylation sites is 1. The molecule has 1 N–H and O–H groups in total. The SMILES string of the molecule is CCc1cccc2c(C(=O)CN3CCN(S(=O)(=O)c4ccc5c(c4)OCCO5)CC3)c[nH]c12. The van der Waals surface area contributed by atoms with E-state index in [9.17, 15) is 13.2 Å². The molecule has 5 rings (SSSR count). The molecule has 1 fully saturated rings. The highest BCUT2D eigenvalue weighted by Crippen LogP contribution is 2.33. The Bertz CT molecular complexity index is 1290. The van der Waals surface area contributed by atoms with Gasteiger partial charge in [0.15, 0.2) is 17.3 Å². The molecule has 1 saturated heterocycles. The van der Waals surface area contributed by atoms with E-state index < -0.39 is 10.0 Å². The molecule has 2 aromatic carbocycles. The first-order chi connectivity index (χ1) is 16.0. The molecule has 0 spiro atoms. The molecule has 0 radical (unpaired) electrons. The number of aromatic nitrogens is 1. The molecule has 2 aliphatic heterocycles. The maximum Gasteiger partial charge on any atom is 0.243 e. The number of carbonyl (C=O) groups excluding carboxylic acids is 1. The largest absolute Gasteiger partial charge is 0.486 e. The molecule has 0 saturated carbocycles. The lowest BCUT2D eigenvalue weighted by molar-refractivity contribution is 0.0903. The van der Waals surface area contributed by atoms with E-state index in [0.717, 1.165) is 17.3 Å². The molecule has 3 heterocycles. The number of carbonyl (C=O) groups is 1. The second-order valence-corrected chi connectivity index (χ2v) is 10.2. The van der Waals surface area contributed by atoms with Gasteiger partial charge in [-0.05, 0) is 24.1 Å². The van der Waals surface area contributed by atoms with Gasteiger partial charge in [0.05, 0.1) is 11.4 Å². The Labute approximate surface area is 193 Å². The van der Waals surface area contributed by atoms with E-state index in [-0.39, 0.29) is 17.2 Å². The number of ketones is 1. The van der Waals surface area contributed by atoms with E-state index in [2.05, 4.69) is 18.0 Å². The number of rotatable bonds is 6. The Morgan fingerprint density at radius 3 is 2.55 bits per heavy atom. The Hall–Kier alpha value is -2.88. The van der Waals surface area contributed by atoms with E-state index in [1.54, 1.807) is 18.3 Å². The number of ether oxygens (including phenoxy) is 2. The van der Waals surface area contributed by atoms with Crippen LogP contribution in [0.5, 0.6) is 11.5 Å². The number of hydrogen-bond donors (Lipinski definition) is 1. The van der Waals surface area contributed by atoms with Crippen LogP contribution >= 0.6 is 0 Å². The van der Waals surface area contributed by atoms with Crippen molar-refractivity contribution in [2.75, 3.05) is 45.9 Å². The minimum Gasteiger partial charge on any atom is -0.486 e. The van der Waals surface area contributed by atoms with Crippen molar-refractivity contribution in [1.29, 1.82) is 0 Å². The molecule has 9 heteroatoms. The molecule has 33 heavy (non-hydrogen) atoms. The molecule has 0 unspecified atom stereocenters. The number of Topliss-reactive ketones (excluding diaryl/α,β-unsaturated/α-hetero) is 1. The number of nitrogens with zero attached hydrogens (tertiary/aromatic N) is 2. The highest BCUT2D eigenvalue weighted by Gasteiger charge is 2.30. The predicted octanol–water partition coefficient (Wildman–Crippen LogP) is 2.69. The smallest absolute Gasteiger partial charge is 0.243 e. The van der Waals surface area contributed by atoms with Gasteiger partial charge in [0.1, 0.15) is 13.2 Å². The molecule has 0 bridgehead atoms.